The van der Waals surface area contributed by atoms with Gasteiger partial charge in [0, 0.05) is 12.3 Å². The molecule has 1 heteroatoms. The average molecular weight is 109 g/mol. The van der Waals surface area contributed by atoms with E-state index in [2.05, 4.69) is 4.99 Å². The first-order valence-corrected chi connectivity index (χ1v) is 3.47. The summed E-state index contributed by atoms with van der Waals surface area (Å²) in [5, 5.41) is 0. The predicted octanol–water partition coefficient (Wildman–Crippen LogP) is 1.63. The number of rotatable bonds is 0. The SMILES string of the molecule is C1CC2=NCC(C1)C2. The van der Waals surface area contributed by atoms with Gasteiger partial charge in [-0.2, -0.15) is 0 Å². The molecule has 2 rings (SSSR count). The molecule has 1 atom stereocenters. The Labute approximate surface area is 49.8 Å². The van der Waals surface area contributed by atoms with E-state index in [0.29, 0.717) is 0 Å². The van der Waals surface area contributed by atoms with Crippen LogP contribution in [0.2, 0.25) is 0 Å². The molecule has 1 nitrogen and oxygen atoms in total. The minimum Gasteiger partial charge on any atom is -0.294 e. The van der Waals surface area contributed by atoms with Gasteiger partial charge in [0.05, 0.1) is 0 Å². The highest BCUT2D eigenvalue weighted by Crippen LogP contribution is 2.27. The predicted molar refractivity (Wildman–Crippen MR) is 34.3 cm³/mol. The molecule has 0 radical (unpaired) electrons. The molecule has 2 aliphatic rings. The lowest BCUT2D eigenvalue weighted by Gasteiger charge is -2.12. The van der Waals surface area contributed by atoms with Crippen LogP contribution < -0.4 is 0 Å². The van der Waals surface area contributed by atoms with E-state index in [4.69, 9.17) is 0 Å². The quantitative estimate of drug-likeness (QED) is 0.448. The van der Waals surface area contributed by atoms with Crippen molar-refractivity contribution < 1.29 is 0 Å². The molecule has 1 saturated carbocycles. The average Bonchev–Trinajstić information content (AvgIpc) is 2.12. The fourth-order valence-corrected chi connectivity index (χ4v) is 1.69. The topological polar surface area (TPSA) is 12.4 Å². The molecule has 1 heterocycles. The molecule has 0 aromatic rings. The Morgan fingerprint density at radius 1 is 1.50 bits per heavy atom. The van der Waals surface area contributed by atoms with E-state index < -0.39 is 0 Å². The van der Waals surface area contributed by atoms with E-state index in [1.54, 1.807) is 0 Å². The molecule has 0 spiro atoms. The second-order valence-electron chi connectivity index (χ2n) is 2.87. The van der Waals surface area contributed by atoms with Crippen LogP contribution in [0.4, 0.5) is 0 Å². The molecule has 1 aliphatic heterocycles. The smallest absolute Gasteiger partial charge is 0.0420 e. The molecule has 1 unspecified atom stereocenters. The van der Waals surface area contributed by atoms with Gasteiger partial charge in [0.2, 0.25) is 0 Å². The van der Waals surface area contributed by atoms with Crippen LogP contribution in [0, 0.1) is 5.92 Å². The summed E-state index contributed by atoms with van der Waals surface area (Å²) in [6.45, 7) is 1.15. The van der Waals surface area contributed by atoms with Crippen LogP contribution in [0.1, 0.15) is 25.7 Å². The van der Waals surface area contributed by atoms with Gasteiger partial charge >= 0.3 is 0 Å². The van der Waals surface area contributed by atoms with Crippen molar-refractivity contribution in [3.63, 3.8) is 0 Å². The van der Waals surface area contributed by atoms with Crippen molar-refractivity contribution >= 4 is 5.71 Å². The number of hydrogen-bond acceptors (Lipinski definition) is 1. The van der Waals surface area contributed by atoms with Crippen LogP contribution in [0.5, 0.6) is 0 Å². The Hall–Kier alpha value is -0.330. The van der Waals surface area contributed by atoms with E-state index in [1.807, 2.05) is 0 Å². The number of aliphatic imine (C=N–C) groups is 1. The number of nitrogens with zero attached hydrogens (tertiary/aromatic N) is 1. The van der Waals surface area contributed by atoms with Crippen molar-refractivity contribution in [2.45, 2.75) is 25.7 Å². The van der Waals surface area contributed by atoms with Crippen LogP contribution in [0.25, 0.3) is 0 Å². The summed E-state index contributed by atoms with van der Waals surface area (Å²) in [5.41, 5.74) is 1.50. The highest BCUT2D eigenvalue weighted by atomic mass is 14.8. The lowest BCUT2D eigenvalue weighted by molar-refractivity contribution is 0.505. The molecule has 0 aromatic carbocycles. The number of hydrogen-bond donors (Lipinski definition) is 0. The fraction of sp³-hybridized carbons (Fsp3) is 0.857. The summed E-state index contributed by atoms with van der Waals surface area (Å²) in [6, 6.07) is 0. The van der Waals surface area contributed by atoms with Gasteiger partial charge in [-0.1, -0.05) is 0 Å². The van der Waals surface area contributed by atoms with Gasteiger partial charge < -0.3 is 0 Å². The summed E-state index contributed by atoms with van der Waals surface area (Å²) in [6.07, 6.45) is 5.48. The van der Waals surface area contributed by atoms with E-state index in [0.717, 1.165) is 12.5 Å². The Balaban J connectivity index is 2.15. The molecule has 44 valence electrons. The first kappa shape index (κ1) is 4.54. The van der Waals surface area contributed by atoms with Crippen LogP contribution in [0.15, 0.2) is 4.99 Å². The van der Waals surface area contributed by atoms with E-state index >= 15 is 0 Å². The summed E-state index contributed by atoms with van der Waals surface area (Å²) in [4.78, 5) is 4.41. The zero-order valence-electron chi connectivity index (χ0n) is 5.06. The lowest BCUT2D eigenvalue weighted by Crippen LogP contribution is -2.08. The lowest BCUT2D eigenvalue weighted by atomic mass is 9.91. The summed E-state index contributed by atoms with van der Waals surface area (Å²) >= 11 is 0. The van der Waals surface area contributed by atoms with Gasteiger partial charge in [0.25, 0.3) is 0 Å². The van der Waals surface area contributed by atoms with Gasteiger partial charge in [-0.05, 0) is 31.6 Å². The molecule has 0 amide bonds. The van der Waals surface area contributed by atoms with Crippen molar-refractivity contribution in [3.8, 4) is 0 Å². The van der Waals surface area contributed by atoms with E-state index in [1.165, 1.54) is 31.4 Å². The zero-order chi connectivity index (χ0) is 5.40. The highest BCUT2D eigenvalue weighted by molar-refractivity contribution is 5.86. The molecule has 0 N–H and O–H groups in total. The Morgan fingerprint density at radius 3 is 3.25 bits per heavy atom. The van der Waals surface area contributed by atoms with Crippen molar-refractivity contribution in [2.75, 3.05) is 6.54 Å². The monoisotopic (exact) mass is 109 g/mol. The molecule has 0 saturated heterocycles. The van der Waals surface area contributed by atoms with Crippen LogP contribution in [-0.4, -0.2) is 12.3 Å². The maximum atomic E-state index is 4.41. The standard InChI is InChI=1S/C7H11N/c1-2-6-4-7(3-1)8-5-6/h6H,1-5H2. The fourth-order valence-electron chi connectivity index (χ4n) is 1.69. The van der Waals surface area contributed by atoms with Gasteiger partial charge in [-0.3, -0.25) is 4.99 Å². The third kappa shape index (κ3) is 0.575. The highest BCUT2D eigenvalue weighted by Gasteiger charge is 2.22. The maximum absolute atomic E-state index is 4.41. The van der Waals surface area contributed by atoms with Gasteiger partial charge in [0.1, 0.15) is 0 Å². The summed E-state index contributed by atoms with van der Waals surface area (Å²) in [5.74, 6) is 0.957. The Bertz CT molecular complexity index is 126. The molecule has 2 bridgehead atoms. The first-order valence-electron chi connectivity index (χ1n) is 3.47. The minimum absolute atomic E-state index is 0.957. The van der Waals surface area contributed by atoms with E-state index in [-0.39, 0.29) is 0 Å². The third-order valence-corrected chi connectivity index (χ3v) is 2.18. The summed E-state index contributed by atoms with van der Waals surface area (Å²) < 4.78 is 0. The van der Waals surface area contributed by atoms with Crippen molar-refractivity contribution in [2.24, 2.45) is 10.9 Å². The van der Waals surface area contributed by atoms with Gasteiger partial charge in [-0.25, -0.2) is 0 Å². The van der Waals surface area contributed by atoms with Crippen LogP contribution in [0.3, 0.4) is 0 Å². The Morgan fingerprint density at radius 2 is 2.50 bits per heavy atom. The van der Waals surface area contributed by atoms with Crippen molar-refractivity contribution in [3.05, 3.63) is 0 Å². The minimum atomic E-state index is 0.957. The third-order valence-electron chi connectivity index (χ3n) is 2.18. The molecule has 0 aromatic heterocycles. The largest absolute Gasteiger partial charge is 0.294 e. The van der Waals surface area contributed by atoms with E-state index in [9.17, 15) is 0 Å². The van der Waals surface area contributed by atoms with Gasteiger partial charge in [-0.15, -0.1) is 0 Å². The Kier molecular flexibility index (Phi) is 0.893. The maximum Gasteiger partial charge on any atom is 0.0420 e. The zero-order valence-corrected chi connectivity index (χ0v) is 5.06. The van der Waals surface area contributed by atoms with Crippen LogP contribution >= 0.6 is 0 Å². The second-order valence-corrected chi connectivity index (χ2v) is 2.87. The van der Waals surface area contributed by atoms with Crippen LogP contribution in [-0.2, 0) is 0 Å². The second kappa shape index (κ2) is 1.57. The molecular weight excluding hydrogens is 98.1 g/mol. The number of fused-ring (bicyclic) bond motifs is 2. The first-order chi connectivity index (χ1) is 3.95. The molecule has 1 fully saturated rings. The summed E-state index contributed by atoms with van der Waals surface area (Å²) in [7, 11) is 0. The van der Waals surface area contributed by atoms with Crippen molar-refractivity contribution in [1.29, 1.82) is 0 Å². The molecular formula is C7H11N. The molecule has 1 aliphatic carbocycles. The molecule has 8 heavy (non-hydrogen) atoms. The van der Waals surface area contributed by atoms with Gasteiger partial charge in [0.15, 0.2) is 0 Å². The normalized spacial score (nSPS) is 35.0. The van der Waals surface area contributed by atoms with Crippen molar-refractivity contribution in [1.82, 2.24) is 0 Å².